The van der Waals surface area contributed by atoms with Gasteiger partial charge in [-0.25, -0.2) is 4.98 Å². The molecule has 1 fully saturated rings. The van der Waals surface area contributed by atoms with E-state index in [9.17, 15) is 8.78 Å². The van der Waals surface area contributed by atoms with E-state index in [4.69, 9.17) is 0 Å². The monoisotopic (exact) mass is 247 g/mol. The molecule has 0 aliphatic carbocycles. The van der Waals surface area contributed by atoms with Gasteiger partial charge in [-0.2, -0.15) is 20.5 Å². The molecule has 0 amide bonds. The number of nitrogens with one attached hydrogen (secondary N) is 1. The van der Waals surface area contributed by atoms with Crippen LogP contribution in [0.4, 0.5) is 8.78 Å². The number of hydrogen-bond donors (Lipinski definition) is 1. The normalized spacial score (nSPS) is 20.8. The second-order valence-corrected chi connectivity index (χ2v) is 5.04. The van der Waals surface area contributed by atoms with E-state index in [1.165, 1.54) is 30.3 Å². The van der Waals surface area contributed by atoms with E-state index in [0.717, 1.165) is 11.1 Å². The van der Waals surface area contributed by atoms with Crippen LogP contribution in [0.5, 0.6) is 0 Å². The third-order valence-corrected chi connectivity index (χ3v) is 3.93. The van der Waals surface area contributed by atoms with Crippen LogP contribution in [-0.2, 0) is 6.54 Å². The van der Waals surface area contributed by atoms with Gasteiger partial charge in [0.1, 0.15) is 5.82 Å². The maximum Gasteiger partial charge on any atom is 0.319 e. The van der Waals surface area contributed by atoms with Crippen LogP contribution in [0.1, 0.15) is 18.8 Å². The highest BCUT2D eigenvalue weighted by atomic mass is 32.2. The highest BCUT2D eigenvalue weighted by Gasteiger charge is 2.15. The fourth-order valence-electron chi connectivity index (χ4n) is 1.79. The fraction of sp³-hybridized carbons (Fsp3) is 0.700. The Morgan fingerprint density at radius 2 is 2.50 bits per heavy atom. The topological polar surface area (TPSA) is 29.9 Å². The van der Waals surface area contributed by atoms with Gasteiger partial charge >= 0.3 is 6.55 Å². The molecule has 1 N–H and O–H groups in total. The van der Waals surface area contributed by atoms with Crippen LogP contribution in [0.25, 0.3) is 0 Å². The third kappa shape index (κ3) is 2.95. The van der Waals surface area contributed by atoms with Crippen LogP contribution in [0.15, 0.2) is 12.4 Å². The quantitative estimate of drug-likeness (QED) is 0.864. The molecule has 1 aromatic heterocycles. The molecule has 0 saturated carbocycles. The number of imidazole rings is 1. The first-order valence-corrected chi connectivity index (χ1v) is 6.51. The maximum atomic E-state index is 12.5. The summed E-state index contributed by atoms with van der Waals surface area (Å²) in [6, 6.07) is 0. The molecule has 1 aliphatic heterocycles. The van der Waals surface area contributed by atoms with Crippen molar-refractivity contribution in [3.05, 3.63) is 18.2 Å². The maximum absolute atomic E-state index is 12.5. The molecule has 3 nitrogen and oxygen atoms in total. The Hall–Kier alpha value is -0.620. The first-order chi connectivity index (χ1) is 7.77. The molecule has 2 heterocycles. The molecule has 0 bridgehead atoms. The molecular formula is C10H15F2N3S. The predicted octanol–water partition coefficient (Wildman–Crippen LogP) is 2.12. The summed E-state index contributed by atoms with van der Waals surface area (Å²) >= 11 is 1.96. The van der Waals surface area contributed by atoms with Gasteiger partial charge < -0.3 is 5.32 Å². The van der Waals surface area contributed by atoms with Crippen molar-refractivity contribution in [3.63, 3.8) is 0 Å². The van der Waals surface area contributed by atoms with Gasteiger partial charge in [-0.3, -0.25) is 4.57 Å². The first kappa shape index (κ1) is 11.9. The van der Waals surface area contributed by atoms with Crippen molar-refractivity contribution in [2.45, 2.75) is 19.5 Å². The highest BCUT2D eigenvalue weighted by molar-refractivity contribution is 7.99. The lowest BCUT2D eigenvalue weighted by Crippen LogP contribution is -2.24. The number of nitrogens with zero attached hydrogens (tertiary/aromatic N) is 2. The van der Waals surface area contributed by atoms with Crippen LogP contribution < -0.4 is 5.32 Å². The second-order valence-electron chi connectivity index (χ2n) is 3.89. The van der Waals surface area contributed by atoms with Crippen LogP contribution in [-0.4, -0.2) is 27.6 Å². The van der Waals surface area contributed by atoms with Gasteiger partial charge in [-0.1, -0.05) is 0 Å². The zero-order chi connectivity index (χ0) is 11.4. The summed E-state index contributed by atoms with van der Waals surface area (Å²) in [5.74, 6) is 3.48. The lowest BCUT2D eigenvalue weighted by molar-refractivity contribution is 0.0666. The summed E-state index contributed by atoms with van der Waals surface area (Å²) in [6.45, 7) is -1.19. The number of halogens is 2. The standard InChI is InChI=1S/C10H15F2N3S/c11-10(12)15-3-2-14-9(15)6-13-5-8-1-4-16-7-8/h2-3,8,10,13H,1,4-7H2. The van der Waals surface area contributed by atoms with Crippen molar-refractivity contribution in [1.82, 2.24) is 14.9 Å². The Morgan fingerprint density at radius 3 is 3.19 bits per heavy atom. The van der Waals surface area contributed by atoms with Gasteiger partial charge in [0.05, 0.1) is 6.54 Å². The Morgan fingerprint density at radius 1 is 1.62 bits per heavy atom. The van der Waals surface area contributed by atoms with Crippen molar-refractivity contribution in [2.24, 2.45) is 5.92 Å². The third-order valence-electron chi connectivity index (χ3n) is 2.70. The molecule has 1 saturated heterocycles. The van der Waals surface area contributed by atoms with Crippen LogP contribution in [0.2, 0.25) is 0 Å². The summed E-state index contributed by atoms with van der Waals surface area (Å²) in [6.07, 6.45) is 3.95. The van der Waals surface area contributed by atoms with Gasteiger partial charge in [0.25, 0.3) is 0 Å². The average molecular weight is 247 g/mol. The van der Waals surface area contributed by atoms with Gasteiger partial charge in [-0.05, 0) is 30.4 Å². The van der Waals surface area contributed by atoms with Crippen molar-refractivity contribution in [2.75, 3.05) is 18.1 Å². The summed E-state index contributed by atoms with van der Waals surface area (Å²) in [4.78, 5) is 3.92. The summed E-state index contributed by atoms with van der Waals surface area (Å²) in [7, 11) is 0. The number of thioether (sulfide) groups is 1. The lowest BCUT2D eigenvalue weighted by Gasteiger charge is -2.10. The largest absolute Gasteiger partial charge is 0.319 e. The molecule has 1 aliphatic rings. The zero-order valence-electron chi connectivity index (χ0n) is 8.90. The highest BCUT2D eigenvalue weighted by Crippen LogP contribution is 2.22. The Labute approximate surface area is 97.6 Å². The molecule has 0 aromatic carbocycles. The van der Waals surface area contributed by atoms with Crippen molar-refractivity contribution in [3.8, 4) is 0 Å². The molecule has 2 rings (SSSR count). The smallest absolute Gasteiger partial charge is 0.310 e. The molecule has 1 unspecified atom stereocenters. The number of aromatic nitrogens is 2. The lowest BCUT2D eigenvalue weighted by atomic mass is 10.1. The predicted molar refractivity (Wildman–Crippen MR) is 60.6 cm³/mol. The zero-order valence-corrected chi connectivity index (χ0v) is 9.72. The molecule has 16 heavy (non-hydrogen) atoms. The average Bonchev–Trinajstić information content (AvgIpc) is 2.87. The SMILES string of the molecule is FC(F)n1ccnc1CNCC1CCSC1. The van der Waals surface area contributed by atoms with Crippen LogP contribution in [0.3, 0.4) is 0 Å². The van der Waals surface area contributed by atoms with E-state index >= 15 is 0 Å². The second kappa shape index (κ2) is 5.63. The number of rotatable bonds is 5. The first-order valence-electron chi connectivity index (χ1n) is 5.35. The molecule has 6 heteroatoms. The Balaban J connectivity index is 1.78. The van der Waals surface area contributed by atoms with E-state index < -0.39 is 6.55 Å². The summed E-state index contributed by atoms with van der Waals surface area (Å²) in [5, 5.41) is 3.20. The molecular weight excluding hydrogens is 232 g/mol. The minimum atomic E-state index is -2.50. The molecule has 0 spiro atoms. The minimum absolute atomic E-state index is 0.403. The number of alkyl halides is 2. The van der Waals surface area contributed by atoms with E-state index in [1.54, 1.807) is 0 Å². The minimum Gasteiger partial charge on any atom is -0.310 e. The van der Waals surface area contributed by atoms with Gasteiger partial charge in [0, 0.05) is 12.4 Å². The Kier molecular flexibility index (Phi) is 4.17. The van der Waals surface area contributed by atoms with Gasteiger partial charge in [-0.15, -0.1) is 0 Å². The van der Waals surface area contributed by atoms with Crippen molar-refractivity contribution < 1.29 is 8.78 Å². The molecule has 1 atom stereocenters. The summed E-state index contributed by atoms with van der Waals surface area (Å²) < 4.78 is 25.9. The van der Waals surface area contributed by atoms with E-state index in [2.05, 4.69) is 10.3 Å². The van der Waals surface area contributed by atoms with E-state index in [1.807, 2.05) is 11.8 Å². The van der Waals surface area contributed by atoms with E-state index in [0.29, 0.717) is 18.3 Å². The van der Waals surface area contributed by atoms with Gasteiger partial charge in [0.2, 0.25) is 0 Å². The van der Waals surface area contributed by atoms with E-state index in [-0.39, 0.29) is 0 Å². The van der Waals surface area contributed by atoms with Crippen LogP contribution in [0, 0.1) is 5.92 Å². The fourth-order valence-corrected chi connectivity index (χ4v) is 3.08. The molecule has 1 aromatic rings. The molecule has 0 radical (unpaired) electrons. The van der Waals surface area contributed by atoms with Gasteiger partial charge in [0.15, 0.2) is 0 Å². The number of hydrogen-bond acceptors (Lipinski definition) is 3. The van der Waals surface area contributed by atoms with Crippen LogP contribution >= 0.6 is 11.8 Å². The summed E-state index contributed by atoms with van der Waals surface area (Å²) in [5.41, 5.74) is 0. The van der Waals surface area contributed by atoms with Crippen molar-refractivity contribution >= 4 is 11.8 Å². The molecule has 90 valence electrons. The Bertz CT molecular complexity index is 324. The van der Waals surface area contributed by atoms with Crippen molar-refractivity contribution in [1.29, 1.82) is 0 Å².